The Balaban J connectivity index is 1.58. The SMILES string of the molecule is COC(=O)c1cccc(Nc2c(C#N)cnc3cnc(NCCN4CCOCC4)cc23)c1. The van der Waals surface area contributed by atoms with E-state index in [4.69, 9.17) is 9.47 Å². The summed E-state index contributed by atoms with van der Waals surface area (Å²) in [5, 5.41) is 17.0. The van der Waals surface area contributed by atoms with E-state index in [2.05, 4.69) is 31.6 Å². The molecule has 1 saturated heterocycles. The molecule has 1 fully saturated rings. The second-order valence-electron chi connectivity index (χ2n) is 7.32. The molecule has 0 saturated carbocycles. The number of carbonyl (C=O) groups is 1. The first-order valence-corrected chi connectivity index (χ1v) is 10.4. The minimum absolute atomic E-state index is 0.395. The first-order chi connectivity index (χ1) is 15.7. The number of ether oxygens (including phenoxy) is 2. The lowest BCUT2D eigenvalue weighted by atomic mass is 10.1. The van der Waals surface area contributed by atoms with Crippen LogP contribution in [0.2, 0.25) is 0 Å². The zero-order valence-electron chi connectivity index (χ0n) is 17.8. The molecule has 32 heavy (non-hydrogen) atoms. The van der Waals surface area contributed by atoms with Crippen LogP contribution >= 0.6 is 0 Å². The van der Waals surface area contributed by atoms with Crippen LogP contribution in [0.5, 0.6) is 0 Å². The number of fused-ring (bicyclic) bond motifs is 1. The Hall–Kier alpha value is -3.74. The van der Waals surface area contributed by atoms with Gasteiger partial charge in [-0.3, -0.25) is 9.88 Å². The molecular weight excluding hydrogens is 408 g/mol. The number of aromatic nitrogens is 2. The molecule has 164 valence electrons. The Morgan fingerprint density at radius 2 is 2.09 bits per heavy atom. The molecule has 2 aromatic heterocycles. The fraction of sp³-hybridized carbons (Fsp3) is 0.304. The lowest BCUT2D eigenvalue weighted by Gasteiger charge is -2.26. The monoisotopic (exact) mass is 432 g/mol. The van der Waals surface area contributed by atoms with Crippen LogP contribution in [0, 0.1) is 11.3 Å². The number of nitriles is 1. The smallest absolute Gasteiger partial charge is 0.337 e. The summed E-state index contributed by atoms with van der Waals surface area (Å²) in [6, 6.07) is 11.0. The molecule has 3 heterocycles. The van der Waals surface area contributed by atoms with Gasteiger partial charge in [0.2, 0.25) is 0 Å². The standard InChI is InChI=1S/C23H24N6O3/c1-31-23(30)16-3-2-4-18(11-16)28-22-17(13-24)14-26-20-15-27-21(12-19(20)22)25-5-6-29-7-9-32-10-8-29/h2-4,11-12,14-15H,5-10H2,1H3,(H,25,27)(H,26,28). The van der Waals surface area contributed by atoms with Crippen LogP contribution in [0.1, 0.15) is 15.9 Å². The van der Waals surface area contributed by atoms with Gasteiger partial charge in [-0.15, -0.1) is 0 Å². The number of morpholine rings is 1. The molecular formula is C23H24N6O3. The minimum atomic E-state index is -0.426. The van der Waals surface area contributed by atoms with E-state index in [0.29, 0.717) is 33.8 Å². The average Bonchev–Trinajstić information content (AvgIpc) is 2.84. The molecule has 0 bridgehead atoms. The van der Waals surface area contributed by atoms with Crippen molar-refractivity contribution < 1.29 is 14.3 Å². The summed E-state index contributed by atoms with van der Waals surface area (Å²) in [6.45, 7) is 5.03. The maximum atomic E-state index is 11.9. The molecule has 1 aliphatic rings. The van der Waals surface area contributed by atoms with Crippen LogP contribution < -0.4 is 10.6 Å². The number of carbonyl (C=O) groups excluding carboxylic acids is 1. The van der Waals surface area contributed by atoms with Crippen LogP contribution in [-0.4, -0.2) is 67.3 Å². The molecule has 0 amide bonds. The molecule has 0 unspecified atom stereocenters. The van der Waals surface area contributed by atoms with Crippen LogP contribution in [-0.2, 0) is 9.47 Å². The number of benzene rings is 1. The topological polar surface area (TPSA) is 112 Å². The Bertz CT molecular complexity index is 1150. The highest BCUT2D eigenvalue weighted by Crippen LogP contribution is 2.30. The van der Waals surface area contributed by atoms with E-state index in [1.54, 1.807) is 24.4 Å². The predicted molar refractivity (Wildman–Crippen MR) is 121 cm³/mol. The number of rotatable bonds is 7. The molecule has 0 radical (unpaired) electrons. The van der Waals surface area contributed by atoms with Gasteiger partial charge in [-0.25, -0.2) is 9.78 Å². The van der Waals surface area contributed by atoms with Crippen molar-refractivity contribution in [3.8, 4) is 6.07 Å². The third-order valence-electron chi connectivity index (χ3n) is 5.27. The zero-order chi connectivity index (χ0) is 22.3. The van der Waals surface area contributed by atoms with E-state index in [1.165, 1.54) is 13.3 Å². The Morgan fingerprint density at radius 3 is 2.88 bits per heavy atom. The van der Waals surface area contributed by atoms with Crippen LogP contribution in [0.25, 0.3) is 10.9 Å². The fourth-order valence-corrected chi connectivity index (χ4v) is 3.56. The summed E-state index contributed by atoms with van der Waals surface area (Å²) in [7, 11) is 1.34. The van der Waals surface area contributed by atoms with Gasteiger partial charge in [0.15, 0.2) is 0 Å². The molecule has 9 nitrogen and oxygen atoms in total. The summed E-state index contributed by atoms with van der Waals surface area (Å²) in [5.41, 5.74) is 2.75. The van der Waals surface area contributed by atoms with Crippen LogP contribution in [0.15, 0.2) is 42.7 Å². The van der Waals surface area contributed by atoms with Crippen LogP contribution in [0.4, 0.5) is 17.2 Å². The molecule has 0 aliphatic carbocycles. The Morgan fingerprint density at radius 1 is 1.25 bits per heavy atom. The first kappa shape index (κ1) is 21.5. The zero-order valence-corrected chi connectivity index (χ0v) is 17.8. The highest BCUT2D eigenvalue weighted by Gasteiger charge is 2.13. The van der Waals surface area contributed by atoms with Crippen molar-refractivity contribution in [3.63, 3.8) is 0 Å². The number of anilines is 3. The van der Waals surface area contributed by atoms with Gasteiger partial charge in [0.25, 0.3) is 0 Å². The van der Waals surface area contributed by atoms with Gasteiger partial charge in [-0.1, -0.05) is 6.07 Å². The van der Waals surface area contributed by atoms with Gasteiger partial charge in [-0.2, -0.15) is 5.26 Å². The van der Waals surface area contributed by atoms with Crippen molar-refractivity contribution >= 4 is 34.1 Å². The third-order valence-corrected chi connectivity index (χ3v) is 5.27. The van der Waals surface area contributed by atoms with E-state index < -0.39 is 5.97 Å². The summed E-state index contributed by atoms with van der Waals surface area (Å²) >= 11 is 0. The van der Waals surface area contributed by atoms with Crippen molar-refractivity contribution in [3.05, 3.63) is 53.9 Å². The average molecular weight is 432 g/mol. The van der Waals surface area contributed by atoms with Crippen molar-refractivity contribution in [2.45, 2.75) is 0 Å². The van der Waals surface area contributed by atoms with Crippen molar-refractivity contribution in [1.29, 1.82) is 5.26 Å². The number of hydrogen-bond acceptors (Lipinski definition) is 9. The first-order valence-electron chi connectivity index (χ1n) is 10.4. The lowest BCUT2D eigenvalue weighted by molar-refractivity contribution is 0.0398. The van der Waals surface area contributed by atoms with Gasteiger partial charge >= 0.3 is 5.97 Å². The molecule has 1 aliphatic heterocycles. The number of nitrogens with one attached hydrogen (secondary N) is 2. The molecule has 3 aromatic rings. The second kappa shape index (κ2) is 10.0. The highest BCUT2D eigenvalue weighted by molar-refractivity contribution is 5.97. The predicted octanol–water partition coefficient (Wildman–Crippen LogP) is 2.78. The van der Waals surface area contributed by atoms with Gasteiger partial charge < -0.3 is 20.1 Å². The van der Waals surface area contributed by atoms with Gasteiger partial charge in [0.05, 0.1) is 48.9 Å². The van der Waals surface area contributed by atoms with Crippen molar-refractivity contribution in [2.24, 2.45) is 0 Å². The van der Waals surface area contributed by atoms with E-state index in [0.717, 1.165) is 44.8 Å². The molecule has 1 aromatic carbocycles. The largest absolute Gasteiger partial charge is 0.465 e. The molecule has 0 spiro atoms. The summed E-state index contributed by atoms with van der Waals surface area (Å²) in [4.78, 5) is 23.0. The number of methoxy groups -OCH3 is 1. The second-order valence-corrected chi connectivity index (χ2v) is 7.32. The van der Waals surface area contributed by atoms with E-state index in [1.807, 2.05) is 12.1 Å². The van der Waals surface area contributed by atoms with E-state index in [-0.39, 0.29) is 0 Å². The van der Waals surface area contributed by atoms with Gasteiger partial charge in [-0.05, 0) is 24.3 Å². The normalized spacial score (nSPS) is 14.0. The number of pyridine rings is 2. The summed E-state index contributed by atoms with van der Waals surface area (Å²) in [6.07, 6.45) is 3.20. The van der Waals surface area contributed by atoms with Gasteiger partial charge in [0, 0.05) is 43.4 Å². The number of nitrogens with zero attached hydrogens (tertiary/aromatic N) is 4. The summed E-state index contributed by atoms with van der Waals surface area (Å²) < 4.78 is 10.2. The Labute approximate surface area is 186 Å². The number of esters is 1. The third kappa shape index (κ3) is 4.94. The van der Waals surface area contributed by atoms with Crippen molar-refractivity contribution in [1.82, 2.24) is 14.9 Å². The van der Waals surface area contributed by atoms with Crippen LogP contribution in [0.3, 0.4) is 0 Å². The highest BCUT2D eigenvalue weighted by atomic mass is 16.5. The Kier molecular flexibility index (Phi) is 6.75. The lowest BCUT2D eigenvalue weighted by Crippen LogP contribution is -2.39. The van der Waals surface area contributed by atoms with E-state index in [9.17, 15) is 10.1 Å². The minimum Gasteiger partial charge on any atom is -0.465 e. The molecule has 2 N–H and O–H groups in total. The molecule has 4 rings (SSSR count). The molecule has 0 atom stereocenters. The molecule has 9 heteroatoms. The van der Waals surface area contributed by atoms with Crippen molar-refractivity contribution in [2.75, 3.05) is 57.1 Å². The maximum Gasteiger partial charge on any atom is 0.337 e. The summed E-state index contributed by atoms with van der Waals surface area (Å²) in [5.74, 6) is 0.277. The fourth-order valence-electron chi connectivity index (χ4n) is 3.56. The van der Waals surface area contributed by atoms with E-state index >= 15 is 0 Å². The number of hydrogen-bond donors (Lipinski definition) is 2. The van der Waals surface area contributed by atoms with Gasteiger partial charge in [0.1, 0.15) is 11.9 Å². The quantitative estimate of drug-likeness (QED) is 0.544. The maximum absolute atomic E-state index is 11.9.